The van der Waals surface area contributed by atoms with Crippen molar-refractivity contribution >= 4 is 17.7 Å². The number of aromatic hydroxyl groups is 1. The Balaban J connectivity index is 1.43. The van der Waals surface area contributed by atoms with Gasteiger partial charge in [0.25, 0.3) is 11.8 Å². The number of hydrogen-bond donors (Lipinski definition) is 1. The number of rotatable bonds is 3. The lowest BCUT2D eigenvalue weighted by Gasteiger charge is -2.44. The van der Waals surface area contributed by atoms with Gasteiger partial charge in [-0.3, -0.25) is 19.3 Å². The SMILES string of the molecule is O=C1c2cccc(O)c2C(=O)N1CCC(=O)N1CCCC2CCCCC21. The molecule has 0 radical (unpaired) electrons. The third kappa shape index (κ3) is 2.77. The Hall–Kier alpha value is -2.37. The summed E-state index contributed by atoms with van der Waals surface area (Å²) in [6, 6.07) is 4.81. The summed E-state index contributed by atoms with van der Waals surface area (Å²) in [7, 11) is 0. The zero-order valence-corrected chi connectivity index (χ0v) is 14.8. The Kier molecular flexibility index (Phi) is 4.42. The number of carbonyl (C=O) groups is 3. The number of likely N-dealkylation sites (tertiary alicyclic amines) is 1. The summed E-state index contributed by atoms with van der Waals surface area (Å²) in [6.45, 7) is 0.849. The van der Waals surface area contributed by atoms with Gasteiger partial charge in [-0.25, -0.2) is 0 Å². The van der Waals surface area contributed by atoms with Crippen LogP contribution >= 0.6 is 0 Å². The van der Waals surface area contributed by atoms with E-state index in [9.17, 15) is 19.5 Å². The number of imide groups is 1. The lowest BCUT2D eigenvalue weighted by molar-refractivity contribution is -0.137. The quantitative estimate of drug-likeness (QED) is 0.845. The minimum absolute atomic E-state index is 0.0300. The number of hydrogen-bond acceptors (Lipinski definition) is 4. The molecule has 1 N–H and O–H groups in total. The van der Waals surface area contributed by atoms with Crippen molar-refractivity contribution < 1.29 is 19.5 Å². The van der Waals surface area contributed by atoms with E-state index < -0.39 is 11.8 Å². The highest BCUT2D eigenvalue weighted by Gasteiger charge is 2.39. The van der Waals surface area contributed by atoms with Gasteiger partial charge >= 0.3 is 0 Å². The molecule has 2 heterocycles. The zero-order valence-electron chi connectivity index (χ0n) is 14.8. The molecule has 1 aliphatic carbocycles. The minimum atomic E-state index is -0.509. The molecule has 4 rings (SSSR count). The van der Waals surface area contributed by atoms with Crippen molar-refractivity contribution in [2.75, 3.05) is 13.1 Å². The Labute approximate surface area is 152 Å². The molecule has 0 bridgehead atoms. The van der Waals surface area contributed by atoms with Crippen molar-refractivity contribution in [3.8, 4) is 5.75 Å². The molecule has 2 aliphatic heterocycles. The number of carbonyl (C=O) groups excluding carboxylic acids is 3. The summed E-state index contributed by atoms with van der Waals surface area (Å²) in [5, 5.41) is 9.87. The van der Waals surface area contributed by atoms with Gasteiger partial charge in [0.05, 0.1) is 11.1 Å². The Bertz CT molecular complexity index is 758. The van der Waals surface area contributed by atoms with E-state index in [-0.39, 0.29) is 35.7 Å². The highest BCUT2D eigenvalue weighted by Crippen LogP contribution is 2.36. The van der Waals surface area contributed by atoms with E-state index >= 15 is 0 Å². The molecule has 6 heteroatoms. The molecule has 2 unspecified atom stereocenters. The van der Waals surface area contributed by atoms with Gasteiger partial charge in [0.1, 0.15) is 5.75 Å². The van der Waals surface area contributed by atoms with E-state index in [1.54, 1.807) is 6.07 Å². The number of piperidine rings is 1. The largest absolute Gasteiger partial charge is 0.507 e. The second-order valence-corrected chi connectivity index (χ2v) is 7.55. The third-order valence-corrected chi connectivity index (χ3v) is 6.09. The Morgan fingerprint density at radius 1 is 1.08 bits per heavy atom. The van der Waals surface area contributed by atoms with Crippen molar-refractivity contribution in [2.24, 2.45) is 5.92 Å². The molecule has 26 heavy (non-hydrogen) atoms. The fourth-order valence-corrected chi connectivity index (χ4v) is 4.80. The number of fused-ring (bicyclic) bond motifs is 2. The monoisotopic (exact) mass is 356 g/mol. The van der Waals surface area contributed by atoms with E-state index in [0.717, 1.165) is 24.3 Å². The molecule has 1 aromatic carbocycles. The van der Waals surface area contributed by atoms with E-state index in [1.165, 1.54) is 37.8 Å². The third-order valence-electron chi connectivity index (χ3n) is 6.09. The summed E-state index contributed by atoms with van der Waals surface area (Å²) in [5.74, 6) is -0.483. The number of phenolic OH excluding ortho intramolecular Hbond substituents is 1. The van der Waals surface area contributed by atoms with Crippen LogP contribution in [0.5, 0.6) is 5.75 Å². The van der Waals surface area contributed by atoms with Crippen LogP contribution in [0.2, 0.25) is 0 Å². The lowest BCUT2D eigenvalue weighted by atomic mass is 9.78. The van der Waals surface area contributed by atoms with Crippen LogP contribution in [-0.4, -0.2) is 51.8 Å². The average molecular weight is 356 g/mol. The van der Waals surface area contributed by atoms with Gasteiger partial charge < -0.3 is 10.0 Å². The maximum Gasteiger partial charge on any atom is 0.265 e. The predicted molar refractivity (Wildman–Crippen MR) is 94.8 cm³/mol. The summed E-state index contributed by atoms with van der Waals surface area (Å²) >= 11 is 0. The zero-order chi connectivity index (χ0) is 18.3. The number of phenols is 1. The van der Waals surface area contributed by atoms with Crippen molar-refractivity contribution in [1.82, 2.24) is 9.80 Å². The molecule has 3 aliphatic rings. The topological polar surface area (TPSA) is 77.9 Å². The van der Waals surface area contributed by atoms with Crippen LogP contribution in [0, 0.1) is 5.92 Å². The highest BCUT2D eigenvalue weighted by molar-refractivity contribution is 6.22. The van der Waals surface area contributed by atoms with Crippen molar-refractivity contribution in [2.45, 2.75) is 51.0 Å². The fraction of sp³-hybridized carbons (Fsp3) is 0.550. The molecule has 0 aromatic heterocycles. The van der Waals surface area contributed by atoms with Gasteiger partial charge in [0.2, 0.25) is 5.91 Å². The second-order valence-electron chi connectivity index (χ2n) is 7.55. The predicted octanol–water partition coefficient (Wildman–Crippen LogP) is 2.56. The molecule has 0 spiro atoms. The molecular formula is C20H24N2O4. The van der Waals surface area contributed by atoms with E-state index in [4.69, 9.17) is 0 Å². The molecule has 3 amide bonds. The summed E-state index contributed by atoms with van der Waals surface area (Å²) in [6.07, 6.45) is 7.07. The maximum absolute atomic E-state index is 12.8. The number of benzene rings is 1. The molecule has 138 valence electrons. The molecule has 2 fully saturated rings. The fourth-order valence-electron chi connectivity index (χ4n) is 4.80. The van der Waals surface area contributed by atoms with Gasteiger partial charge in [-0.1, -0.05) is 18.9 Å². The molecule has 1 saturated carbocycles. The van der Waals surface area contributed by atoms with Crippen molar-refractivity contribution in [3.63, 3.8) is 0 Å². The van der Waals surface area contributed by atoms with Crippen LogP contribution < -0.4 is 0 Å². The van der Waals surface area contributed by atoms with Crippen molar-refractivity contribution in [1.29, 1.82) is 0 Å². The number of nitrogens with zero attached hydrogens (tertiary/aromatic N) is 2. The molecule has 1 aromatic rings. The normalized spacial score (nSPS) is 25.2. The first-order valence-corrected chi connectivity index (χ1v) is 9.55. The minimum Gasteiger partial charge on any atom is -0.507 e. The molecule has 6 nitrogen and oxygen atoms in total. The second kappa shape index (κ2) is 6.74. The number of amides is 3. The first-order chi connectivity index (χ1) is 12.6. The van der Waals surface area contributed by atoms with Crippen LogP contribution in [0.3, 0.4) is 0 Å². The molecular weight excluding hydrogens is 332 g/mol. The van der Waals surface area contributed by atoms with Gasteiger partial charge in [-0.15, -0.1) is 0 Å². The van der Waals surface area contributed by atoms with Crippen LogP contribution in [0.1, 0.15) is 65.7 Å². The van der Waals surface area contributed by atoms with Crippen LogP contribution in [0.4, 0.5) is 0 Å². The summed E-state index contributed by atoms with van der Waals surface area (Å²) < 4.78 is 0. The van der Waals surface area contributed by atoms with Crippen molar-refractivity contribution in [3.05, 3.63) is 29.3 Å². The average Bonchev–Trinajstić information content (AvgIpc) is 2.91. The smallest absolute Gasteiger partial charge is 0.265 e. The lowest BCUT2D eigenvalue weighted by Crippen LogP contribution is -2.50. The van der Waals surface area contributed by atoms with Crippen LogP contribution in [-0.2, 0) is 4.79 Å². The summed E-state index contributed by atoms with van der Waals surface area (Å²) in [5.41, 5.74) is 0.267. The maximum atomic E-state index is 12.8. The van der Waals surface area contributed by atoms with E-state index in [0.29, 0.717) is 12.0 Å². The van der Waals surface area contributed by atoms with Crippen LogP contribution in [0.15, 0.2) is 18.2 Å². The van der Waals surface area contributed by atoms with Gasteiger partial charge in [0.15, 0.2) is 0 Å². The Morgan fingerprint density at radius 2 is 1.85 bits per heavy atom. The first kappa shape index (κ1) is 17.1. The standard InChI is InChI=1S/C20H24N2O4/c23-16-9-3-7-14-18(16)20(26)22(19(14)25)12-10-17(24)21-11-4-6-13-5-1-2-8-15(13)21/h3,7,9,13,15,23H,1-2,4-6,8,10-12H2. The van der Waals surface area contributed by atoms with Crippen LogP contribution in [0.25, 0.3) is 0 Å². The van der Waals surface area contributed by atoms with Gasteiger partial charge in [-0.2, -0.15) is 0 Å². The van der Waals surface area contributed by atoms with Gasteiger partial charge in [-0.05, 0) is 43.7 Å². The Morgan fingerprint density at radius 3 is 2.65 bits per heavy atom. The molecule has 1 saturated heterocycles. The van der Waals surface area contributed by atoms with E-state index in [1.807, 2.05) is 4.90 Å². The first-order valence-electron chi connectivity index (χ1n) is 9.55. The van der Waals surface area contributed by atoms with E-state index in [2.05, 4.69) is 0 Å². The van der Waals surface area contributed by atoms with Gasteiger partial charge in [0, 0.05) is 25.6 Å². The summed E-state index contributed by atoms with van der Waals surface area (Å²) in [4.78, 5) is 40.8. The molecule has 2 atom stereocenters. The highest BCUT2D eigenvalue weighted by atomic mass is 16.3.